The van der Waals surface area contributed by atoms with Crippen molar-refractivity contribution in [3.8, 4) is 11.5 Å². The number of hydrogen-bond donors (Lipinski definition) is 4. The van der Waals surface area contributed by atoms with Gasteiger partial charge >= 0.3 is 18.0 Å². The summed E-state index contributed by atoms with van der Waals surface area (Å²) in [6.07, 6.45) is -0.612. The minimum Gasteiger partial charge on any atom is -0.493 e. The van der Waals surface area contributed by atoms with Crippen molar-refractivity contribution < 1.29 is 34.1 Å². The van der Waals surface area contributed by atoms with E-state index in [9.17, 15) is 14.4 Å². The van der Waals surface area contributed by atoms with Crippen LogP contribution in [0.4, 0.5) is 10.5 Å². The van der Waals surface area contributed by atoms with E-state index < -0.39 is 29.8 Å². The maximum Gasteiger partial charge on any atom is 0.319 e. The number of nitrogens with one attached hydrogen (secondary N) is 2. The van der Waals surface area contributed by atoms with Gasteiger partial charge in [0.2, 0.25) is 0 Å². The standard InChI is InChI=1S/C15H20N2O7/c1-15(13(20)21,7-12(18)19)8-16-14(22)17-9-4-5-10(23-2)11(6-9)24-3/h4-6H,7-8H2,1-3H3,(H,18,19)(H,20,21)(H2,16,17,22). The van der Waals surface area contributed by atoms with E-state index in [-0.39, 0.29) is 6.54 Å². The van der Waals surface area contributed by atoms with Crippen molar-refractivity contribution in [3.05, 3.63) is 18.2 Å². The fourth-order valence-corrected chi connectivity index (χ4v) is 1.91. The first-order valence-electron chi connectivity index (χ1n) is 6.94. The quantitative estimate of drug-likeness (QED) is 0.562. The van der Waals surface area contributed by atoms with Gasteiger partial charge in [0, 0.05) is 18.3 Å². The number of amides is 2. The zero-order valence-corrected chi connectivity index (χ0v) is 13.6. The molecule has 0 aliphatic heterocycles. The summed E-state index contributed by atoms with van der Waals surface area (Å²) < 4.78 is 10.2. The van der Waals surface area contributed by atoms with Gasteiger partial charge in [0.15, 0.2) is 11.5 Å². The number of carboxylic acids is 2. The van der Waals surface area contributed by atoms with Crippen LogP contribution < -0.4 is 20.1 Å². The summed E-state index contributed by atoms with van der Waals surface area (Å²) in [5.41, 5.74) is -1.21. The number of methoxy groups -OCH3 is 2. The van der Waals surface area contributed by atoms with Crippen LogP contribution in [0.2, 0.25) is 0 Å². The first-order chi connectivity index (χ1) is 11.2. The Morgan fingerprint density at radius 3 is 2.25 bits per heavy atom. The second kappa shape index (κ2) is 8.04. The smallest absolute Gasteiger partial charge is 0.319 e. The molecule has 1 aromatic carbocycles. The van der Waals surface area contributed by atoms with Gasteiger partial charge in [0.05, 0.1) is 26.1 Å². The molecule has 0 fully saturated rings. The zero-order chi connectivity index (χ0) is 18.3. The van der Waals surface area contributed by atoms with E-state index in [0.717, 1.165) is 0 Å². The van der Waals surface area contributed by atoms with Crippen molar-refractivity contribution >= 4 is 23.7 Å². The molecule has 1 unspecified atom stereocenters. The predicted octanol–water partition coefficient (Wildman–Crippen LogP) is 1.39. The van der Waals surface area contributed by atoms with Gasteiger partial charge in [-0.15, -0.1) is 0 Å². The summed E-state index contributed by atoms with van der Waals surface area (Å²) in [6, 6.07) is 4.04. The van der Waals surface area contributed by atoms with Gasteiger partial charge in [-0.2, -0.15) is 0 Å². The SMILES string of the molecule is COc1ccc(NC(=O)NCC(C)(CC(=O)O)C(=O)O)cc1OC. The van der Waals surface area contributed by atoms with Gasteiger partial charge in [0.25, 0.3) is 0 Å². The first kappa shape index (κ1) is 19.1. The second-order valence-corrected chi connectivity index (χ2v) is 5.31. The molecule has 0 aliphatic carbocycles. The van der Waals surface area contributed by atoms with E-state index in [4.69, 9.17) is 19.7 Å². The third kappa shape index (κ3) is 5.04. The largest absolute Gasteiger partial charge is 0.493 e. The van der Waals surface area contributed by atoms with E-state index in [1.165, 1.54) is 27.2 Å². The maximum absolute atomic E-state index is 11.9. The van der Waals surface area contributed by atoms with Crippen molar-refractivity contribution in [1.29, 1.82) is 0 Å². The van der Waals surface area contributed by atoms with Crippen molar-refractivity contribution in [2.24, 2.45) is 5.41 Å². The molecule has 9 heteroatoms. The lowest BCUT2D eigenvalue weighted by Gasteiger charge is -2.23. The fraction of sp³-hybridized carbons (Fsp3) is 0.400. The Hall–Kier alpha value is -2.97. The van der Waals surface area contributed by atoms with Crippen LogP contribution in [0.3, 0.4) is 0 Å². The summed E-state index contributed by atoms with van der Waals surface area (Å²) in [5, 5.41) is 22.8. The summed E-state index contributed by atoms with van der Waals surface area (Å²) in [6.45, 7) is 0.911. The molecule has 1 aromatic rings. The first-order valence-corrected chi connectivity index (χ1v) is 6.94. The molecular formula is C15H20N2O7. The molecule has 1 rings (SSSR count). The van der Waals surface area contributed by atoms with Crippen LogP contribution in [0.25, 0.3) is 0 Å². The van der Waals surface area contributed by atoms with Crippen LogP contribution in [-0.2, 0) is 9.59 Å². The topological polar surface area (TPSA) is 134 Å². The monoisotopic (exact) mass is 340 g/mol. The Morgan fingerprint density at radius 2 is 1.75 bits per heavy atom. The van der Waals surface area contributed by atoms with E-state index in [0.29, 0.717) is 17.2 Å². The molecule has 0 radical (unpaired) electrons. The molecule has 0 heterocycles. The number of carbonyl (C=O) groups is 3. The van der Waals surface area contributed by atoms with Gasteiger partial charge in [-0.3, -0.25) is 9.59 Å². The second-order valence-electron chi connectivity index (χ2n) is 5.31. The number of anilines is 1. The molecule has 0 spiro atoms. The highest BCUT2D eigenvalue weighted by molar-refractivity contribution is 5.90. The summed E-state index contributed by atoms with van der Waals surface area (Å²) in [5.74, 6) is -1.67. The van der Waals surface area contributed by atoms with Crippen molar-refractivity contribution in [2.75, 3.05) is 26.1 Å². The van der Waals surface area contributed by atoms with Crippen molar-refractivity contribution in [1.82, 2.24) is 5.32 Å². The van der Waals surface area contributed by atoms with Gasteiger partial charge < -0.3 is 30.3 Å². The molecule has 0 bridgehead atoms. The van der Waals surface area contributed by atoms with E-state index in [1.807, 2.05) is 0 Å². The van der Waals surface area contributed by atoms with Crippen molar-refractivity contribution in [2.45, 2.75) is 13.3 Å². The van der Waals surface area contributed by atoms with Gasteiger partial charge in [-0.05, 0) is 19.1 Å². The summed E-state index contributed by atoms with van der Waals surface area (Å²) in [4.78, 5) is 33.9. The highest BCUT2D eigenvalue weighted by atomic mass is 16.5. The molecule has 132 valence electrons. The predicted molar refractivity (Wildman–Crippen MR) is 84.6 cm³/mol. The highest BCUT2D eigenvalue weighted by Crippen LogP contribution is 2.29. The molecule has 0 saturated carbocycles. The number of carboxylic acid groups (broad SMARTS) is 2. The molecule has 4 N–H and O–H groups in total. The minimum atomic E-state index is -1.61. The lowest BCUT2D eigenvalue weighted by molar-refractivity contribution is -0.154. The Bertz CT molecular complexity index is 632. The third-order valence-corrected chi connectivity index (χ3v) is 3.34. The van der Waals surface area contributed by atoms with Gasteiger partial charge in [-0.25, -0.2) is 4.79 Å². The lowest BCUT2D eigenvalue weighted by Crippen LogP contribution is -2.43. The van der Waals surface area contributed by atoms with Crippen LogP contribution in [-0.4, -0.2) is 48.9 Å². The number of benzene rings is 1. The molecule has 24 heavy (non-hydrogen) atoms. The van der Waals surface area contributed by atoms with Gasteiger partial charge in [-0.1, -0.05) is 0 Å². The molecule has 0 aliphatic rings. The highest BCUT2D eigenvalue weighted by Gasteiger charge is 2.36. The normalized spacial score (nSPS) is 12.6. The summed E-state index contributed by atoms with van der Waals surface area (Å²) in [7, 11) is 2.93. The Kier molecular flexibility index (Phi) is 6.39. The number of hydrogen-bond acceptors (Lipinski definition) is 5. The average Bonchev–Trinajstić information content (AvgIpc) is 2.52. The molecule has 9 nitrogen and oxygen atoms in total. The van der Waals surface area contributed by atoms with Crippen LogP contribution in [0.5, 0.6) is 11.5 Å². The number of aliphatic carboxylic acids is 2. The van der Waals surface area contributed by atoms with E-state index in [2.05, 4.69) is 10.6 Å². The molecular weight excluding hydrogens is 320 g/mol. The number of urea groups is 1. The van der Waals surface area contributed by atoms with Crippen LogP contribution >= 0.6 is 0 Å². The zero-order valence-electron chi connectivity index (χ0n) is 13.6. The number of rotatable bonds is 8. The average molecular weight is 340 g/mol. The number of ether oxygens (including phenoxy) is 2. The molecule has 0 aromatic heterocycles. The van der Waals surface area contributed by atoms with Crippen LogP contribution in [0.1, 0.15) is 13.3 Å². The van der Waals surface area contributed by atoms with Crippen molar-refractivity contribution in [3.63, 3.8) is 0 Å². The minimum absolute atomic E-state index is 0.340. The van der Waals surface area contributed by atoms with Crippen LogP contribution in [0.15, 0.2) is 18.2 Å². The third-order valence-electron chi connectivity index (χ3n) is 3.34. The Balaban J connectivity index is 2.72. The Morgan fingerprint density at radius 1 is 1.12 bits per heavy atom. The molecule has 0 saturated heterocycles. The molecule has 1 atom stereocenters. The van der Waals surface area contributed by atoms with Crippen LogP contribution in [0, 0.1) is 5.41 Å². The van der Waals surface area contributed by atoms with Gasteiger partial charge in [0.1, 0.15) is 0 Å². The van der Waals surface area contributed by atoms with E-state index in [1.54, 1.807) is 12.1 Å². The molecule has 2 amide bonds. The van der Waals surface area contributed by atoms with E-state index >= 15 is 0 Å². The summed E-state index contributed by atoms with van der Waals surface area (Å²) >= 11 is 0. The Labute approximate surface area is 138 Å². The lowest BCUT2D eigenvalue weighted by atomic mass is 9.87. The fourth-order valence-electron chi connectivity index (χ4n) is 1.91. The maximum atomic E-state index is 11.9. The number of carbonyl (C=O) groups excluding carboxylic acids is 1.